The fourth-order valence-corrected chi connectivity index (χ4v) is 1.18. The number of hydrogen-bond donors (Lipinski definition) is 2. The average molecular weight is 178 g/mol. The van der Waals surface area contributed by atoms with Crippen LogP contribution in [0, 0.1) is 10.1 Å². The van der Waals surface area contributed by atoms with Crippen LogP contribution >= 0.6 is 0 Å². The summed E-state index contributed by atoms with van der Waals surface area (Å²) in [7, 11) is 0. The monoisotopic (exact) mass is 178 g/mol. The highest BCUT2D eigenvalue weighted by atomic mass is 16.6. The van der Waals surface area contributed by atoms with E-state index in [-0.39, 0.29) is 5.69 Å². The first-order chi connectivity index (χ1) is 6.20. The van der Waals surface area contributed by atoms with Crippen LogP contribution in [0.3, 0.4) is 0 Å². The van der Waals surface area contributed by atoms with Crippen molar-refractivity contribution in [2.75, 3.05) is 5.73 Å². The molecule has 0 saturated heterocycles. The Morgan fingerprint density at radius 1 is 1.62 bits per heavy atom. The molecular weight excluding hydrogens is 172 g/mol. The third-order valence-electron chi connectivity index (χ3n) is 1.77. The van der Waals surface area contributed by atoms with Gasteiger partial charge in [0.1, 0.15) is 11.0 Å². The number of nitrogens with two attached hydrogens (primary N) is 1. The number of pyridine rings is 1. The van der Waals surface area contributed by atoms with Crippen molar-refractivity contribution in [1.82, 2.24) is 9.97 Å². The van der Waals surface area contributed by atoms with E-state index in [9.17, 15) is 10.1 Å². The van der Waals surface area contributed by atoms with Crippen molar-refractivity contribution in [2.24, 2.45) is 0 Å². The molecule has 0 atom stereocenters. The molecule has 2 aromatic rings. The zero-order valence-corrected chi connectivity index (χ0v) is 6.52. The molecule has 0 radical (unpaired) electrons. The number of aromatic amines is 1. The molecule has 0 saturated carbocycles. The molecule has 0 bridgehead atoms. The number of nitrogen functional groups attached to an aromatic ring is 1. The normalized spacial score (nSPS) is 10.5. The summed E-state index contributed by atoms with van der Waals surface area (Å²) in [4.78, 5) is 16.7. The fraction of sp³-hybridized carbons (Fsp3) is 0. The lowest BCUT2D eigenvalue weighted by atomic mass is 10.3. The zero-order valence-electron chi connectivity index (χ0n) is 6.52. The maximum Gasteiger partial charge on any atom is 0.296 e. The predicted octanol–water partition coefficient (Wildman–Crippen LogP) is 1.05. The molecule has 6 nitrogen and oxygen atoms in total. The second-order valence-electron chi connectivity index (χ2n) is 2.55. The van der Waals surface area contributed by atoms with E-state index in [4.69, 9.17) is 5.73 Å². The Balaban J connectivity index is 2.84. The Bertz CT molecular complexity index is 476. The van der Waals surface area contributed by atoms with Crippen LogP contribution < -0.4 is 5.73 Å². The van der Waals surface area contributed by atoms with Crippen molar-refractivity contribution < 1.29 is 4.92 Å². The van der Waals surface area contributed by atoms with Gasteiger partial charge in [-0.2, -0.15) is 0 Å². The highest BCUT2D eigenvalue weighted by Gasteiger charge is 2.14. The zero-order chi connectivity index (χ0) is 9.42. The number of rotatable bonds is 1. The van der Waals surface area contributed by atoms with E-state index in [0.29, 0.717) is 16.7 Å². The maximum atomic E-state index is 10.5. The molecular formula is C7H6N4O2. The van der Waals surface area contributed by atoms with Gasteiger partial charge in [-0.05, 0) is 0 Å². The standard InChI is InChI=1S/C7H6N4O2/c8-4-3-10-7-5(11(12)13)1-2-9-6(4)7/h1-3,10H,8H2. The minimum Gasteiger partial charge on any atom is -0.396 e. The number of nitrogens with one attached hydrogen (secondary N) is 1. The number of hydrogen-bond acceptors (Lipinski definition) is 4. The van der Waals surface area contributed by atoms with Gasteiger partial charge in [0.05, 0.1) is 10.6 Å². The van der Waals surface area contributed by atoms with Gasteiger partial charge in [-0.1, -0.05) is 0 Å². The first-order valence-electron chi connectivity index (χ1n) is 3.56. The topological polar surface area (TPSA) is 97.8 Å². The molecule has 2 rings (SSSR count). The Morgan fingerprint density at radius 3 is 3.08 bits per heavy atom. The van der Waals surface area contributed by atoms with E-state index >= 15 is 0 Å². The lowest BCUT2D eigenvalue weighted by Crippen LogP contribution is -1.90. The SMILES string of the molecule is Nc1c[nH]c2c([N+](=O)[O-])ccnc12. The Morgan fingerprint density at radius 2 is 2.38 bits per heavy atom. The van der Waals surface area contributed by atoms with Gasteiger partial charge in [0.2, 0.25) is 0 Å². The van der Waals surface area contributed by atoms with Crippen LogP contribution in [0.2, 0.25) is 0 Å². The highest BCUT2D eigenvalue weighted by Crippen LogP contribution is 2.25. The van der Waals surface area contributed by atoms with Gasteiger partial charge < -0.3 is 10.7 Å². The number of anilines is 1. The van der Waals surface area contributed by atoms with Gasteiger partial charge in [0.25, 0.3) is 5.69 Å². The lowest BCUT2D eigenvalue weighted by molar-refractivity contribution is -0.383. The summed E-state index contributed by atoms with van der Waals surface area (Å²) < 4.78 is 0. The molecule has 0 aromatic carbocycles. The highest BCUT2D eigenvalue weighted by molar-refractivity contribution is 5.93. The molecule has 0 unspecified atom stereocenters. The molecule has 2 aromatic heterocycles. The number of fused-ring (bicyclic) bond motifs is 1. The summed E-state index contributed by atoms with van der Waals surface area (Å²) in [6.45, 7) is 0. The molecule has 3 N–H and O–H groups in total. The third-order valence-corrected chi connectivity index (χ3v) is 1.77. The van der Waals surface area contributed by atoms with E-state index in [0.717, 1.165) is 0 Å². The molecule has 0 fully saturated rings. The minimum absolute atomic E-state index is 0.0123. The first-order valence-corrected chi connectivity index (χ1v) is 3.56. The largest absolute Gasteiger partial charge is 0.396 e. The van der Waals surface area contributed by atoms with Crippen LogP contribution in [0.5, 0.6) is 0 Å². The Hall–Kier alpha value is -2.11. The van der Waals surface area contributed by atoms with Crippen molar-refractivity contribution in [1.29, 1.82) is 0 Å². The van der Waals surface area contributed by atoms with Crippen LogP contribution in [0.15, 0.2) is 18.5 Å². The van der Waals surface area contributed by atoms with E-state index in [1.165, 1.54) is 18.5 Å². The summed E-state index contributed by atoms with van der Waals surface area (Å²) in [5.74, 6) is 0. The average Bonchev–Trinajstić information content (AvgIpc) is 2.48. The number of nitro groups is 1. The van der Waals surface area contributed by atoms with Gasteiger partial charge in [-0.25, -0.2) is 0 Å². The van der Waals surface area contributed by atoms with Crippen LogP contribution in [0.1, 0.15) is 0 Å². The van der Waals surface area contributed by atoms with E-state index in [1.54, 1.807) is 0 Å². The molecule has 0 aliphatic heterocycles. The van der Waals surface area contributed by atoms with Crippen molar-refractivity contribution in [3.05, 3.63) is 28.6 Å². The lowest BCUT2D eigenvalue weighted by Gasteiger charge is -1.92. The second-order valence-corrected chi connectivity index (χ2v) is 2.55. The molecule has 0 spiro atoms. The summed E-state index contributed by atoms with van der Waals surface area (Å²) in [5, 5.41) is 10.5. The van der Waals surface area contributed by atoms with Gasteiger partial charge >= 0.3 is 0 Å². The molecule has 0 aliphatic carbocycles. The molecule has 0 amide bonds. The second kappa shape index (κ2) is 2.44. The predicted molar refractivity (Wildman–Crippen MR) is 47.2 cm³/mol. The number of H-pyrrole nitrogens is 1. The summed E-state index contributed by atoms with van der Waals surface area (Å²) in [5.41, 5.74) is 6.74. The Labute approximate surface area is 72.5 Å². The summed E-state index contributed by atoms with van der Waals surface area (Å²) in [6, 6.07) is 1.33. The molecule has 13 heavy (non-hydrogen) atoms. The van der Waals surface area contributed by atoms with Crippen molar-refractivity contribution in [2.45, 2.75) is 0 Å². The fourth-order valence-electron chi connectivity index (χ4n) is 1.18. The van der Waals surface area contributed by atoms with Crippen LogP contribution in [-0.4, -0.2) is 14.9 Å². The van der Waals surface area contributed by atoms with Crippen LogP contribution in [-0.2, 0) is 0 Å². The van der Waals surface area contributed by atoms with Crippen molar-refractivity contribution in [3.8, 4) is 0 Å². The quantitative estimate of drug-likeness (QED) is 0.503. The van der Waals surface area contributed by atoms with Crippen molar-refractivity contribution >= 4 is 22.4 Å². The number of aromatic nitrogens is 2. The van der Waals surface area contributed by atoms with Gasteiger partial charge in [-0.3, -0.25) is 15.1 Å². The smallest absolute Gasteiger partial charge is 0.296 e. The Kier molecular flexibility index (Phi) is 1.42. The molecule has 6 heteroatoms. The maximum absolute atomic E-state index is 10.5. The van der Waals surface area contributed by atoms with Crippen molar-refractivity contribution in [3.63, 3.8) is 0 Å². The summed E-state index contributed by atoms with van der Waals surface area (Å²) >= 11 is 0. The van der Waals surface area contributed by atoms with E-state index in [2.05, 4.69) is 9.97 Å². The summed E-state index contributed by atoms with van der Waals surface area (Å²) in [6.07, 6.45) is 2.86. The molecule has 2 heterocycles. The van der Waals surface area contributed by atoms with Crippen LogP contribution in [0.4, 0.5) is 11.4 Å². The first kappa shape index (κ1) is 7.53. The van der Waals surface area contributed by atoms with Crippen LogP contribution in [0.25, 0.3) is 11.0 Å². The van der Waals surface area contributed by atoms with E-state index < -0.39 is 4.92 Å². The molecule has 66 valence electrons. The number of nitrogens with zero attached hydrogens (tertiary/aromatic N) is 2. The molecule has 0 aliphatic rings. The minimum atomic E-state index is -0.472. The third kappa shape index (κ3) is 0.994. The van der Waals surface area contributed by atoms with Gasteiger partial charge in [-0.15, -0.1) is 0 Å². The van der Waals surface area contributed by atoms with E-state index in [1.807, 2.05) is 0 Å². The van der Waals surface area contributed by atoms with Gasteiger partial charge in [0, 0.05) is 18.5 Å². The van der Waals surface area contributed by atoms with Gasteiger partial charge in [0.15, 0.2) is 0 Å².